The summed E-state index contributed by atoms with van der Waals surface area (Å²) >= 11 is 0. The summed E-state index contributed by atoms with van der Waals surface area (Å²) < 4.78 is 0. The molecular weight excluding hydrogens is 687 g/mol. The summed E-state index contributed by atoms with van der Waals surface area (Å²) in [6, 6.07) is -0.635. The lowest BCUT2D eigenvalue weighted by molar-refractivity contribution is -0.123. The molecule has 0 saturated carbocycles. The molecule has 0 aromatic carbocycles. The zero-order valence-electron chi connectivity index (χ0n) is 37.9. The van der Waals surface area contributed by atoms with E-state index < -0.39 is 12.1 Å². The molecule has 0 aromatic heterocycles. The van der Waals surface area contributed by atoms with Gasteiger partial charge in [0, 0.05) is 6.42 Å². The summed E-state index contributed by atoms with van der Waals surface area (Å²) in [6.07, 6.45) is 64.6. The van der Waals surface area contributed by atoms with Gasteiger partial charge >= 0.3 is 0 Å². The number of nitrogens with one attached hydrogen (secondary N) is 1. The van der Waals surface area contributed by atoms with E-state index in [9.17, 15) is 15.0 Å². The number of unbranched alkanes of at least 4 members (excludes halogenated alkanes) is 35. The zero-order chi connectivity index (χ0) is 40.7. The standard InChI is InChI=1S/C52H99NO3/c1-3-5-7-9-11-13-14-15-16-17-18-19-20-21-22-23-24-25-26-27-28-29-30-31-32-33-34-35-36-37-38-40-42-44-46-48-52(56)53-50(49-54)51(55)47-45-43-41-39-12-10-8-6-4-2/h12,23-24,39,45,47,50-51,54-55H,3-11,13-22,25-38,40-44,46,48-49H2,1-2H3,(H,53,56)/b24-23-,39-12+,47-45+. The number of allylic oxidation sites excluding steroid dienone is 5. The van der Waals surface area contributed by atoms with E-state index in [1.54, 1.807) is 6.08 Å². The molecule has 0 bridgehead atoms. The molecule has 2 unspecified atom stereocenters. The van der Waals surface area contributed by atoms with Gasteiger partial charge in [0.2, 0.25) is 5.91 Å². The second-order valence-electron chi connectivity index (χ2n) is 17.2. The number of aliphatic hydroxyl groups excluding tert-OH is 2. The third-order valence-electron chi connectivity index (χ3n) is 11.6. The van der Waals surface area contributed by atoms with Crippen molar-refractivity contribution in [1.82, 2.24) is 5.32 Å². The van der Waals surface area contributed by atoms with Crippen molar-refractivity contribution in [3.63, 3.8) is 0 Å². The van der Waals surface area contributed by atoms with Gasteiger partial charge in [-0.1, -0.05) is 243 Å². The summed E-state index contributed by atoms with van der Waals surface area (Å²) in [6.45, 7) is 4.26. The van der Waals surface area contributed by atoms with E-state index in [2.05, 4.69) is 43.5 Å². The van der Waals surface area contributed by atoms with Gasteiger partial charge in [0.25, 0.3) is 0 Å². The van der Waals surface area contributed by atoms with Crippen molar-refractivity contribution in [2.24, 2.45) is 0 Å². The highest BCUT2D eigenvalue weighted by atomic mass is 16.3. The summed E-state index contributed by atoms with van der Waals surface area (Å²) in [5, 5.41) is 22.9. The number of hydrogen-bond acceptors (Lipinski definition) is 3. The smallest absolute Gasteiger partial charge is 0.220 e. The molecule has 0 aromatic rings. The van der Waals surface area contributed by atoms with Crippen LogP contribution in [0.15, 0.2) is 36.5 Å². The fourth-order valence-corrected chi connectivity index (χ4v) is 7.72. The molecule has 0 saturated heterocycles. The van der Waals surface area contributed by atoms with Crippen molar-refractivity contribution < 1.29 is 15.0 Å². The Labute approximate surface area is 351 Å². The van der Waals surface area contributed by atoms with Crippen LogP contribution in [-0.4, -0.2) is 34.9 Å². The van der Waals surface area contributed by atoms with E-state index in [-0.39, 0.29) is 12.5 Å². The first-order chi connectivity index (χ1) is 27.7. The predicted molar refractivity (Wildman–Crippen MR) is 248 cm³/mol. The number of hydrogen-bond donors (Lipinski definition) is 3. The molecule has 0 radical (unpaired) electrons. The number of carbonyl (C=O) groups is 1. The summed E-state index contributed by atoms with van der Waals surface area (Å²) in [7, 11) is 0. The molecule has 330 valence electrons. The molecule has 2 atom stereocenters. The lowest BCUT2D eigenvalue weighted by Crippen LogP contribution is -2.45. The highest BCUT2D eigenvalue weighted by Gasteiger charge is 2.17. The Kier molecular flexibility index (Phi) is 46.8. The van der Waals surface area contributed by atoms with E-state index in [0.29, 0.717) is 6.42 Å². The van der Waals surface area contributed by atoms with Crippen molar-refractivity contribution in [3.8, 4) is 0 Å². The fourth-order valence-electron chi connectivity index (χ4n) is 7.72. The SMILES string of the molecule is CCCCC/C=C/CC/C=C/C(O)C(CO)NC(=O)CCCCCCCCCCCCCCCCCCC/C=C\CCCCCCCCCCCCCCCC. The lowest BCUT2D eigenvalue weighted by Gasteiger charge is -2.19. The van der Waals surface area contributed by atoms with Crippen molar-refractivity contribution in [3.05, 3.63) is 36.5 Å². The van der Waals surface area contributed by atoms with Crippen molar-refractivity contribution in [1.29, 1.82) is 0 Å². The van der Waals surface area contributed by atoms with Crippen LogP contribution in [0.4, 0.5) is 0 Å². The highest BCUT2D eigenvalue weighted by Crippen LogP contribution is 2.16. The largest absolute Gasteiger partial charge is 0.394 e. The van der Waals surface area contributed by atoms with Gasteiger partial charge in [-0.15, -0.1) is 0 Å². The molecule has 4 heteroatoms. The summed E-state index contributed by atoms with van der Waals surface area (Å²) in [5.41, 5.74) is 0. The van der Waals surface area contributed by atoms with Gasteiger partial charge in [-0.05, 0) is 57.8 Å². The Morgan fingerprint density at radius 2 is 0.696 bits per heavy atom. The van der Waals surface area contributed by atoms with Crippen molar-refractivity contribution >= 4 is 5.91 Å². The second-order valence-corrected chi connectivity index (χ2v) is 17.2. The fraction of sp³-hybridized carbons (Fsp3) is 0.865. The predicted octanol–water partition coefficient (Wildman–Crippen LogP) is 16.1. The Hall–Kier alpha value is -1.39. The minimum Gasteiger partial charge on any atom is -0.394 e. The quantitative estimate of drug-likeness (QED) is 0.0425. The van der Waals surface area contributed by atoms with E-state index in [1.807, 2.05) is 6.08 Å². The van der Waals surface area contributed by atoms with Crippen molar-refractivity contribution in [2.45, 2.75) is 283 Å². The maximum Gasteiger partial charge on any atom is 0.220 e. The molecule has 3 N–H and O–H groups in total. The van der Waals surface area contributed by atoms with Gasteiger partial charge < -0.3 is 15.5 Å². The van der Waals surface area contributed by atoms with Crippen LogP contribution in [0.2, 0.25) is 0 Å². The molecule has 0 aliphatic carbocycles. The molecule has 0 aliphatic heterocycles. The average molecular weight is 786 g/mol. The number of rotatable bonds is 46. The minimum atomic E-state index is -0.858. The van der Waals surface area contributed by atoms with Crippen molar-refractivity contribution in [2.75, 3.05) is 6.61 Å². The monoisotopic (exact) mass is 786 g/mol. The Morgan fingerprint density at radius 3 is 1.07 bits per heavy atom. The molecule has 0 rings (SSSR count). The lowest BCUT2D eigenvalue weighted by atomic mass is 10.0. The van der Waals surface area contributed by atoms with Crippen LogP contribution in [-0.2, 0) is 4.79 Å². The Balaban J connectivity index is 3.38. The summed E-state index contributed by atoms with van der Waals surface area (Å²) in [5.74, 6) is -0.0739. The van der Waals surface area contributed by atoms with Gasteiger partial charge in [0.15, 0.2) is 0 Å². The topological polar surface area (TPSA) is 69.6 Å². The van der Waals surface area contributed by atoms with E-state index >= 15 is 0 Å². The first-order valence-corrected chi connectivity index (χ1v) is 25.2. The number of carbonyl (C=O) groups excluding carboxylic acids is 1. The van der Waals surface area contributed by atoms with Gasteiger partial charge in [-0.25, -0.2) is 0 Å². The molecular formula is C52H99NO3. The number of aliphatic hydroxyl groups is 2. The molecule has 56 heavy (non-hydrogen) atoms. The first kappa shape index (κ1) is 54.6. The molecule has 4 nitrogen and oxygen atoms in total. The van der Waals surface area contributed by atoms with E-state index in [1.165, 1.54) is 218 Å². The zero-order valence-corrected chi connectivity index (χ0v) is 37.9. The van der Waals surface area contributed by atoms with Gasteiger partial charge in [-0.3, -0.25) is 4.79 Å². The van der Waals surface area contributed by atoms with Crippen LogP contribution in [0.3, 0.4) is 0 Å². The third kappa shape index (κ3) is 43.7. The van der Waals surface area contributed by atoms with Gasteiger partial charge in [0.1, 0.15) is 0 Å². The molecule has 0 fully saturated rings. The second kappa shape index (κ2) is 48.0. The molecule has 1 amide bonds. The Bertz CT molecular complexity index is 851. The highest BCUT2D eigenvalue weighted by molar-refractivity contribution is 5.76. The van der Waals surface area contributed by atoms with E-state index in [4.69, 9.17) is 0 Å². The van der Waals surface area contributed by atoms with Crippen LogP contribution in [0.25, 0.3) is 0 Å². The third-order valence-corrected chi connectivity index (χ3v) is 11.6. The van der Waals surface area contributed by atoms with Crippen LogP contribution in [0, 0.1) is 0 Å². The normalized spacial score (nSPS) is 13.1. The Morgan fingerprint density at radius 1 is 0.411 bits per heavy atom. The molecule has 0 spiro atoms. The average Bonchev–Trinajstić information content (AvgIpc) is 3.20. The van der Waals surface area contributed by atoms with E-state index in [0.717, 1.165) is 32.1 Å². The molecule has 0 heterocycles. The van der Waals surface area contributed by atoms with Crippen LogP contribution in [0.5, 0.6) is 0 Å². The maximum atomic E-state index is 12.3. The summed E-state index contributed by atoms with van der Waals surface area (Å²) in [4.78, 5) is 12.3. The maximum absolute atomic E-state index is 12.3. The molecule has 0 aliphatic rings. The first-order valence-electron chi connectivity index (χ1n) is 25.2. The van der Waals surface area contributed by atoms with Gasteiger partial charge in [0.05, 0.1) is 18.8 Å². The van der Waals surface area contributed by atoms with Crippen LogP contribution >= 0.6 is 0 Å². The minimum absolute atomic E-state index is 0.0739. The van der Waals surface area contributed by atoms with Gasteiger partial charge in [-0.2, -0.15) is 0 Å². The van der Waals surface area contributed by atoms with Crippen LogP contribution < -0.4 is 5.32 Å². The number of amides is 1. The van der Waals surface area contributed by atoms with Crippen LogP contribution in [0.1, 0.15) is 271 Å².